The molecule has 0 aliphatic carbocycles. The van der Waals surface area contributed by atoms with Crippen LogP contribution in [0.25, 0.3) is 0 Å². The summed E-state index contributed by atoms with van der Waals surface area (Å²) in [4.78, 5) is 18.1. The molecule has 3 N–H and O–H groups in total. The number of aliphatic hydroxyl groups is 1. The maximum Gasteiger partial charge on any atom is 0.424 e. The molecule has 0 spiro atoms. The highest BCUT2D eigenvalue weighted by Gasteiger charge is 2.57. The third-order valence-corrected chi connectivity index (χ3v) is 3.42. The topological polar surface area (TPSA) is 100 Å². The number of aromatic nitrogens is 3. The number of anilines is 1. The first-order valence-electron chi connectivity index (χ1n) is 6.86. The highest BCUT2D eigenvalue weighted by atomic mass is 19.4. The van der Waals surface area contributed by atoms with Gasteiger partial charge in [0, 0.05) is 32.4 Å². The lowest BCUT2D eigenvalue weighted by Gasteiger charge is -2.30. The number of aromatic carboxylic acids is 1. The van der Waals surface area contributed by atoms with Gasteiger partial charge in [0.05, 0.1) is 0 Å². The molecule has 10 heteroatoms. The molecule has 0 aliphatic rings. The summed E-state index contributed by atoms with van der Waals surface area (Å²) >= 11 is 0. The van der Waals surface area contributed by atoms with Gasteiger partial charge in [0.2, 0.25) is 5.60 Å². The second-order valence-electron chi connectivity index (χ2n) is 5.11. The summed E-state index contributed by atoms with van der Waals surface area (Å²) in [5.41, 5.74) is -3.38. The maximum absolute atomic E-state index is 13.3. The standard InChI is InChI=1S/C14H15F3N4O3/c1-21-8-7-19-12(21)13(24,14(15,16)17)5-6-18-10-4-2-3-9(20-10)11(22)23/h2-4,7-8,24H,5-6H2,1H3,(H,18,20)(H,22,23). The third kappa shape index (κ3) is 3.48. The van der Waals surface area contributed by atoms with Gasteiger partial charge in [0.1, 0.15) is 11.6 Å². The van der Waals surface area contributed by atoms with Gasteiger partial charge in [0.15, 0.2) is 5.69 Å². The third-order valence-electron chi connectivity index (χ3n) is 3.42. The van der Waals surface area contributed by atoms with E-state index in [-0.39, 0.29) is 18.1 Å². The summed E-state index contributed by atoms with van der Waals surface area (Å²) in [5.74, 6) is -1.68. The number of carboxylic acids is 1. The zero-order valence-corrected chi connectivity index (χ0v) is 12.6. The summed E-state index contributed by atoms with van der Waals surface area (Å²) in [6.07, 6.45) is -3.18. The molecule has 0 saturated carbocycles. The first kappa shape index (κ1) is 17.7. The van der Waals surface area contributed by atoms with Crippen molar-refractivity contribution in [1.82, 2.24) is 14.5 Å². The van der Waals surface area contributed by atoms with Crippen molar-refractivity contribution < 1.29 is 28.2 Å². The van der Waals surface area contributed by atoms with Gasteiger partial charge in [-0.1, -0.05) is 6.07 Å². The minimum absolute atomic E-state index is 0.0965. The molecule has 2 rings (SSSR count). The summed E-state index contributed by atoms with van der Waals surface area (Å²) < 4.78 is 41.1. The highest BCUT2D eigenvalue weighted by molar-refractivity contribution is 5.85. The number of rotatable bonds is 6. The Kier molecular flexibility index (Phi) is 4.78. The Morgan fingerprint density at radius 3 is 2.62 bits per heavy atom. The summed E-state index contributed by atoms with van der Waals surface area (Å²) in [7, 11) is 1.35. The summed E-state index contributed by atoms with van der Waals surface area (Å²) in [5, 5.41) is 21.6. The van der Waals surface area contributed by atoms with E-state index in [2.05, 4.69) is 15.3 Å². The summed E-state index contributed by atoms with van der Waals surface area (Å²) in [6.45, 7) is -0.293. The number of carbonyl (C=O) groups is 1. The predicted molar refractivity (Wildman–Crippen MR) is 77.5 cm³/mol. The van der Waals surface area contributed by atoms with Crippen LogP contribution in [0.1, 0.15) is 22.7 Å². The van der Waals surface area contributed by atoms with Gasteiger partial charge < -0.3 is 20.1 Å². The minimum atomic E-state index is -4.93. The Morgan fingerprint density at radius 1 is 1.38 bits per heavy atom. The number of carboxylic acid groups (broad SMARTS) is 1. The van der Waals surface area contributed by atoms with Gasteiger partial charge >= 0.3 is 12.1 Å². The lowest BCUT2D eigenvalue weighted by molar-refractivity contribution is -0.271. The van der Waals surface area contributed by atoms with E-state index in [0.717, 1.165) is 10.8 Å². The monoisotopic (exact) mass is 344 g/mol. The largest absolute Gasteiger partial charge is 0.477 e. The molecular weight excluding hydrogens is 329 g/mol. The number of pyridine rings is 1. The van der Waals surface area contributed by atoms with E-state index in [1.54, 1.807) is 0 Å². The van der Waals surface area contributed by atoms with Crippen molar-refractivity contribution in [2.45, 2.75) is 18.2 Å². The number of alkyl halides is 3. The molecule has 2 heterocycles. The molecule has 0 aliphatic heterocycles. The molecule has 2 aromatic rings. The number of imidazole rings is 1. The smallest absolute Gasteiger partial charge is 0.424 e. The number of hydrogen-bond acceptors (Lipinski definition) is 5. The van der Waals surface area contributed by atoms with E-state index < -0.39 is 30.0 Å². The van der Waals surface area contributed by atoms with Crippen molar-refractivity contribution >= 4 is 11.8 Å². The van der Waals surface area contributed by atoms with Crippen molar-refractivity contribution in [3.8, 4) is 0 Å². The highest BCUT2D eigenvalue weighted by Crippen LogP contribution is 2.40. The normalized spacial score (nSPS) is 14.2. The molecule has 1 atom stereocenters. The second-order valence-corrected chi connectivity index (χ2v) is 5.11. The van der Waals surface area contributed by atoms with Crippen molar-refractivity contribution in [3.63, 3.8) is 0 Å². The first-order valence-corrected chi connectivity index (χ1v) is 6.86. The second kappa shape index (κ2) is 6.48. The van der Waals surface area contributed by atoms with Crippen molar-refractivity contribution in [1.29, 1.82) is 0 Å². The van der Waals surface area contributed by atoms with Gasteiger partial charge in [-0.05, 0) is 12.1 Å². The SMILES string of the molecule is Cn1ccnc1C(O)(CCNc1cccc(C(=O)O)n1)C(F)(F)F. The minimum Gasteiger partial charge on any atom is -0.477 e. The van der Waals surface area contributed by atoms with Crippen LogP contribution in [0.4, 0.5) is 19.0 Å². The zero-order chi connectivity index (χ0) is 18.0. The molecule has 24 heavy (non-hydrogen) atoms. The molecule has 0 fully saturated rings. The van der Waals surface area contributed by atoms with Crippen LogP contribution in [-0.4, -0.2) is 43.4 Å². The Morgan fingerprint density at radius 2 is 2.08 bits per heavy atom. The zero-order valence-electron chi connectivity index (χ0n) is 12.6. The molecular formula is C14H15F3N4O3. The van der Waals surface area contributed by atoms with Crippen LogP contribution in [0.15, 0.2) is 30.6 Å². The molecule has 130 valence electrons. The fourth-order valence-electron chi connectivity index (χ4n) is 2.17. The number of halogens is 3. The molecule has 0 saturated heterocycles. The van der Waals surface area contributed by atoms with Gasteiger partial charge in [-0.15, -0.1) is 0 Å². The van der Waals surface area contributed by atoms with Crippen LogP contribution in [-0.2, 0) is 12.6 Å². The average Bonchev–Trinajstić information content (AvgIpc) is 2.93. The lowest BCUT2D eigenvalue weighted by Crippen LogP contribution is -2.45. The molecule has 0 aromatic carbocycles. The molecule has 0 amide bonds. The predicted octanol–water partition coefficient (Wildman–Crippen LogP) is 1.77. The van der Waals surface area contributed by atoms with E-state index in [4.69, 9.17) is 5.11 Å². The number of nitrogens with one attached hydrogen (secondary N) is 1. The Hall–Kier alpha value is -2.62. The van der Waals surface area contributed by atoms with Crippen LogP contribution >= 0.6 is 0 Å². The van der Waals surface area contributed by atoms with E-state index in [9.17, 15) is 23.1 Å². The fourth-order valence-corrected chi connectivity index (χ4v) is 2.17. The van der Waals surface area contributed by atoms with Crippen LogP contribution in [0.2, 0.25) is 0 Å². The van der Waals surface area contributed by atoms with Crippen molar-refractivity contribution in [2.24, 2.45) is 7.05 Å². The molecule has 0 bridgehead atoms. The van der Waals surface area contributed by atoms with Crippen molar-refractivity contribution in [2.75, 3.05) is 11.9 Å². The van der Waals surface area contributed by atoms with Crippen LogP contribution in [0.5, 0.6) is 0 Å². The Labute approximate surface area is 134 Å². The molecule has 2 aromatic heterocycles. The van der Waals surface area contributed by atoms with Gasteiger partial charge in [-0.3, -0.25) is 0 Å². The maximum atomic E-state index is 13.3. The Balaban J connectivity index is 2.14. The number of nitrogens with zero attached hydrogens (tertiary/aromatic N) is 3. The lowest BCUT2D eigenvalue weighted by atomic mass is 9.97. The fraction of sp³-hybridized carbons (Fsp3) is 0.357. The van der Waals surface area contributed by atoms with Gasteiger partial charge in [-0.25, -0.2) is 14.8 Å². The quantitative estimate of drug-likeness (QED) is 0.738. The molecule has 7 nitrogen and oxygen atoms in total. The van der Waals surface area contributed by atoms with Crippen LogP contribution in [0.3, 0.4) is 0 Å². The van der Waals surface area contributed by atoms with E-state index in [1.807, 2.05) is 0 Å². The van der Waals surface area contributed by atoms with Gasteiger partial charge in [-0.2, -0.15) is 13.2 Å². The van der Waals surface area contributed by atoms with Gasteiger partial charge in [0.25, 0.3) is 0 Å². The van der Waals surface area contributed by atoms with E-state index >= 15 is 0 Å². The molecule has 0 radical (unpaired) electrons. The average molecular weight is 344 g/mol. The first-order chi connectivity index (χ1) is 11.1. The van der Waals surface area contributed by atoms with Crippen LogP contribution in [0, 0.1) is 0 Å². The summed E-state index contributed by atoms with van der Waals surface area (Å²) in [6, 6.07) is 4.08. The number of hydrogen-bond donors (Lipinski definition) is 3. The van der Waals surface area contributed by atoms with E-state index in [1.165, 1.54) is 31.4 Å². The molecule has 1 unspecified atom stereocenters. The Bertz CT molecular complexity index is 732. The van der Waals surface area contributed by atoms with E-state index in [0.29, 0.717) is 0 Å². The van der Waals surface area contributed by atoms with Crippen molar-refractivity contribution in [3.05, 3.63) is 42.1 Å². The number of aryl methyl sites for hydroxylation is 1. The van der Waals surface area contributed by atoms with Crippen LogP contribution < -0.4 is 5.32 Å².